The zero-order valence-electron chi connectivity index (χ0n) is 33.0. The summed E-state index contributed by atoms with van der Waals surface area (Å²) in [7, 11) is -1.76. The number of hydrogen-bond acceptors (Lipinski definition) is 11. The number of halogens is 1. The van der Waals surface area contributed by atoms with Crippen LogP contribution >= 0.6 is 0 Å². The van der Waals surface area contributed by atoms with Gasteiger partial charge in [-0.2, -0.15) is 0 Å². The fourth-order valence-electron chi connectivity index (χ4n) is 6.11. The van der Waals surface area contributed by atoms with Crippen molar-refractivity contribution in [2.45, 2.75) is 101 Å². The van der Waals surface area contributed by atoms with Crippen molar-refractivity contribution in [2.75, 3.05) is 17.4 Å². The van der Waals surface area contributed by atoms with E-state index in [0.717, 1.165) is 11.2 Å². The molecule has 1 saturated carbocycles. The van der Waals surface area contributed by atoms with Gasteiger partial charge in [0, 0.05) is 35.6 Å². The SMILES string of the molecule is CNCc1cc(NC(=O)CCc2cccc(C(C(=O)O)N(c3ccc4cncc(F)c4c3)N(C(=O)OC(C)(C)C)C(=O)OC(C)(C)C)c2)ccc1S(=O)(=O)C1CC1. The van der Waals surface area contributed by atoms with Crippen LogP contribution in [0.1, 0.15) is 83.5 Å². The van der Waals surface area contributed by atoms with Crippen molar-refractivity contribution in [3.63, 3.8) is 0 Å². The van der Waals surface area contributed by atoms with Gasteiger partial charge in [0.05, 0.1) is 22.0 Å². The van der Waals surface area contributed by atoms with Crippen LogP contribution in [0, 0.1) is 5.82 Å². The predicted molar refractivity (Wildman–Crippen MR) is 212 cm³/mol. The summed E-state index contributed by atoms with van der Waals surface area (Å²) in [5.41, 5.74) is -0.707. The van der Waals surface area contributed by atoms with E-state index in [1.807, 2.05) is 0 Å². The Hall–Kier alpha value is -5.61. The number of aliphatic carboxylic acids is 1. The number of aryl methyl sites for hydroxylation is 1. The summed E-state index contributed by atoms with van der Waals surface area (Å²) in [4.78, 5) is 58.6. The fourth-order valence-corrected chi connectivity index (χ4v) is 7.98. The Kier molecular flexibility index (Phi) is 12.6. The molecule has 4 aromatic rings. The van der Waals surface area contributed by atoms with Gasteiger partial charge in [-0.25, -0.2) is 27.2 Å². The lowest BCUT2D eigenvalue weighted by Crippen LogP contribution is -2.56. The van der Waals surface area contributed by atoms with E-state index in [1.165, 1.54) is 42.6 Å². The number of rotatable bonds is 13. The molecule has 1 atom stereocenters. The minimum absolute atomic E-state index is 0.0334. The van der Waals surface area contributed by atoms with E-state index < -0.39 is 51.1 Å². The molecule has 1 heterocycles. The molecule has 57 heavy (non-hydrogen) atoms. The number of anilines is 2. The van der Waals surface area contributed by atoms with Gasteiger partial charge in [0.1, 0.15) is 17.0 Å². The van der Waals surface area contributed by atoms with E-state index >= 15 is 4.39 Å². The van der Waals surface area contributed by atoms with Crippen molar-refractivity contribution in [3.8, 4) is 0 Å². The zero-order chi connectivity index (χ0) is 41.9. The number of carboxylic acid groups (broad SMARTS) is 1. The number of hydrogen-bond donors (Lipinski definition) is 3. The molecule has 1 fully saturated rings. The molecule has 1 aliphatic carbocycles. The largest absolute Gasteiger partial charge is 0.479 e. The molecular weight excluding hydrogens is 758 g/mol. The van der Waals surface area contributed by atoms with Gasteiger partial charge in [-0.05, 0) is 115 Å². The number of pyridine rings is 1. The molecule has 0 bridgehead atoms. The van der Waals surface area contributed by atoms with Gasteiger partial charge in [0.2, 0.25) is 5.91 Å². The van der Waals surface area contributed by atoms with Gasteiger partial charge in [0.15, 0.2) is 15.9 Å². The minimum Gasteiger partial charge on any atom is -0.479 e. The molecule has 3 amide bonds. The normalized spacial score (nSPS) is 13.8. The quantitative estimate of drug-likeness (QED) is 0.115. The van der Waals surface area contributed by atoms with E-state index in [4.69, 9.17) is 9.47 Å². The maximum atomic E-state index is 15.1. The lowest BCUT2D eigenvalue weighted by atomic mass is 10.00. The molecule has 3 N–H and O–H groups in total. The van der Waals surface area contributed by atoms with E-state index in [2.05, 4.69) is 15.6 Å². The Morgan fingerprint density at radius 1 is 0.930 bits per heavy atom. The van der Waals surface area contributed by atoms with Crippen molar-refractivity contribution in [1.29, 1.82) is 0 Å². The third-order valence-corrected chi connectivity index (χ3v) is 11.0. The molecule has 0 spiro atoms. The van der Waals surface area contributed by atoms with Gasteiger partial charge in [0.25, 0.3) is 0 Å². The highest BCUT2D eigenvalue weighted by Crippen LogP contribution is 2.37. The number of ether oxygens (including phenoxy) is 2. The van der Waals surface area contributed by atoms with Crippen molar-refractivity contribution < 1.29 is 46.6 Å². The Balaban J connectivity index is 1.49. The summed E-state index contributed by atoms with van der Waals surface area (Å²) < 4.78 is 52.3. The molecule has 1 unspecified atom stereocenters. The molecule has 0 radical (unpaired) electrons. The van der Waals surface area contributed by atoms with Gasteiger partial charge < -0.3 is 25.2 Å². The monoisotopic (exact) mass is 805 g/mol. The van der Waals surface area contributed by atoms with Crippen LogP contribution in [-0.2, 0) is 41.9 Å². The van der Waals surface area contributed by atoms with Crippen molar-refractivity contribution in [1.82, 2.24) is 15.3 Å². The smallest absolute Gasteiger partial charge is 0.439 e. The number of nitrogens with zero attached hydrogens (tertiary/aromatic N) is 3. The average molecular weight is 806 g/mol. The molecule has 16 heteroatoms. The minimum atomic E-state index is -3.47. The zero-order valence-corrected chi connectivity index (χ0v) is 33.8. The first-order valence-electron chi connectivity index (χ1n) is 18.4. The summed E-state index contributed by atoms with van der Waals surface area (Å²) in [5, 5.41) is 18.1. The predicted octanol–water partition coefficient (Wildman–Crippen LogP) is 7.32. The molecular formula is C41H48FN5O9S. The molecule has 1 aliphatic rings. The lowest BCUT2D eigenvalue weighted by molar-refractivity contribution is -0.139. The van der Waals surface area contributed by atoms with Crippen LogP contribution in [0.2, 0.25) is 0 Å². The van der Waals surface area contributed by atoms with Crippen LogP contribution in [0.15, 0.2) is 78.0 Å². The van der Waals surface area contributed by atoms with Gasteiger partial charge >= 0.3 is 18.2 Å². The third-order valence-electron chi connectivity index (χ3n) is 8.68. The molecule has 0 saturated heterocycles. The maximum absolute atomic E-state index is 15.1. The fraction of sp³-hybridized carbons (Fsp3) is 0.390. The second-order valence-corrected chi connectivity index (χ2v) is 18.0. The lowest BCUT2D eigenvalue weighted by Gasteiger charge is -2.39. The third kappa shape index (κ3) is 10.6. The molecule has 5 rings (SSSR count). The number of benzene rings is 3. The average Bonchev–Trinajstić information content (AvgIpc) is 3.96. The number of hydrazine groups is 1. The first-order chi connectivity index (χ1) is 26.7. The maximum Gasteiger partial charge on any atom is 0.439 e. The number of aromatic nitrogens is 1. The first-order valence-corrected chi connectivity index (χ1v) is 19.9. The second kappa shape index (κ2) is 16.9. The molecule has 3 aromatic carbocycles. The Labute approximate surface area is 331 Å². The topological polar surface area (TPSA) is 185 Å². The summed E-state index contributed by atoms with van der Waals surface area (Å²) in [6.07, 6.45) is 1.27. The highest BCUT2D eigenvalue weighted by Gasteiger charge is 2.43. The van der Waals surface area contributed by atoms with E-state index in [1.54, 1.807) is 72.9 Å². The van der Waals surface area contributed by atoms with Crippen molar-refractivity contribution in [3.05, 3.63) is 95.6 Å². The van der Waals surface area contributed by atoms with Crippen LogP contribution in [-0.4, -0.2) is 71.1 Å². The number of fused-ring (bicyclic) bond motifs is 1. The van der Waals surface area contributed by atoms with Crippen molar-refractivity contribution in [2.24, 2.45) is 0 Å². The van der Waals surface area contributed by atoms with Gasteiger partial charge in [-0.1, -0.05) is 30.3 Å². The number of carbonyl (C=O) groups is 4. The number of sulfone groups is 1. The number of nitrogens with one attached hydrogen (secondary N) is 2. The molecule has 304 valence electrons. The Morgan fingerprint density at radius 2 is 1.60 bits per heavy atom. The van der Waals surface area contributed by atoms with Crippen LogP contribution < -0.4 is 15.6 Å². The molecule has 14 nitrogen and oxygen atoms in total. The van der Waals surface area contributed by atoms with Crippen LogP contribution in [0.4, 0.5) is 25.4 Å². The number of amides is 3. The standard InChI is InChI=1S/C41H48FN5O9S/c1-40(2,3)55-38(51)47(39(52)56-41(4,5)6)46(30-14-12-27-23-44-24-33(42)32(27)21-30)36(37(49)50)26-10-8-9-25(19-26)11-18-35(48)45-29-13-17-34(28(20-29)22-43-7)57(53,54)31-15-16-31/h8-10,12-14,17,19-21,23-24,31,36,43H,11,15-16,18,22H2,1-7H3,(H,45,48)(H,49,50). The van der Waals surface area contributed by atoms with Crippen molar-refractivity contribution >= 4 is 56.0 Å². The summed E-state index contributed by atoms with van der Waals surface area (Å²) in [5.74, 6) is -2.58. The van der Waals surface area contributed by atoms with Crippen LogP contribution in [0.5, 0.6) is 0 Å². The Morgan fingerprint density at radius 3 is 2.19 bits per heavy atom. The van der Waals surface area contributed by atoms with Gasteiger partial charge in [-0.15, -0.1) is 5.01 Å². The summed E-state index contributed by atoms with van der Waals surface area (Å²) in [6, 6.07) is 13.4. The van der Waals surface area contributed by atoms with E-state index in [-0.39, 0.29) is 52.1 Å². The van der Waals surface area contributed by atoms with Gasteiger partial charge in [-0.3, -0.25) is 14.8 Å². The number of carboxylic acids is 1. The highest BCUT2D eigenvalue weighted by atomic mass is 32.2. The number of imide groups is 1. The molecule has 1 aromatic heterocycles. The Bertz CT molecular complexity index is 2260. The van der Waals surface area contributed by atoms with Crippen LogP contribution in [0.25, 0.3) is 10.8 Å². The summed E-state index contributed by atoms with van der Waals surface area (Å²) >= 11 is 0. The highest BCUT2D eigenvalue weighted by molar-refractivity contribution is 7.92. The van der Waals surface area contributed by atoms with E-state index in [0.29, 0.717) is 40.1 Å². The first kappa shape index (κ1) is 42.5. The van der Waals surface area contributed by atoms with E-state index in [9.17, 15) is 32.7 Å². The van der Waals surface area contributed by atoms with Crippen LogP contribution in [0.3, 0.4) is 0 Å². The number of carbonyl (C=O) groups excluding carboxylic acids is 3. The molecule has 0 aliphatic heterocycles. The second-order valence-electron chi connectivity index (χ2n) is 15.8. The summed E-state index contributed by atoms with van der Waals surface area (Å²) in [6.45, 7) is 9.73.